The molecular formula is C10H18N4O. The first-order valence-electron chi connectivity index (χ1n) is 5.13. The average molecular weight is 210 g/mol. The van der Waals surface area contributed by atoms with Gasteiger partial charge >= 0.3 is 0 Å². The Bertz CT molecular complexity index is 291. The van der Waals surface area contributed by atoms with Crippen LogP contribution in [-0.2, 0) is 0 Å². The second-order valence-electron chi connectivity index (χ2n) is 3.71. The Labute approximate surface area is 90.0 Å². The number of aliphatic hydroxyl groups excluding tert-OH is 1. The monoisotopic (exact) mass is 210 g/mol. The molecule has 0 aromatic carbocycles. The third-order valence-electron chi connectivity index (χ3n) is 1.78. The minimum Gasteiger partial charge on any atom is -0.395 e. The number of nitrogens with one attached hydrogen (secondary N) is 2. The molecule has 15 heavy (non-hydrogen) atoms. The van der Waals surface area contributed by atoms with Crippen molar-refractivity contribution in [2.75, 3.05) is 30.3 Å². The molecular weight excluding hydrogens is 192 g/mol. The van der Waals surface area contributed by atoms with Gasteiger partial charge in [-0.2, -0.15) is 0 Å². The first kappa shape index (κ1) is 11.7. The molecule has 0 aliphatic rings. The first-order chi connectivity index (χ1) is 7.22. The second kappa shape index (κ2) is 6.19. The summed E-state index contributed by atoms with van der Waals surface area (Å²) in [4.78, 5) is 8.13. The van der Waals surface area contributed by atoms with E-state index in [0.29, 0.717) is 12.5 Å². The highest BCUT2D eigenvalue weighted by Crippen LogP contribution is 2.08. The van der Waals surface area contributed by atoms with Crippen molar-refractivity contribution in [2.24, 2.45) is 5.92 Å². The minimum atomic E-state index is 0.0960. The molecule has 1 rings (SSSR count). The van der Waals surface area contributed by atoms with E-state index >= 15 is 0 Å². The summed E-state index contributed by atoms with van der Waals surface area (Å²) < 4.78 is 0. The van der Waals surface area contributed by atoms with Gasteiger partial charge in [0.1, 0.15) is 18.0 Å². The molecule has 0 unspecified atom stereocenters. The quantitative estimate of drug-likeness (QED) is 0.652. The van der Waals surface area contributed by atoms with E-state index in [1.165, 1.54) is 6.33 Å². The number of hydrogen-bond acceptors (Lipinski definition) is 5. The fourth-order valence-corrected chi connectivity index (χ4v) is 1.04. The molecule has 0 amide bonds. The molecule has 5 nitrogen and oxygen atoms in total. The number of nitrogens with zero attached hydrogens (tertiary/aromatic N) is 2. The summed E-state index contributed by atoms with van der Waals surface area (Å²) in [6.07, 6.45) is 1.50. The van der Waals surface area contributed by atoms with Crippen molar-refractivity contribution in [3.8, 4) is 0 Å². The van der Waals surface area contributed by atoms with Gasteiger partial charge in [-0.3, -0.25) is 0 Å². The van der Waals surface area contributed by atoms with Gasteiger partial charge in [0, 0.05) is 19.2 Å². The summed E-state index contributed by atoms with van der Waals surface area (Å²) in [5.74, 6) is 2.11. The van der Waals surface area contributed by atoms with Gasteiger partial charge in [0.15, 0.2) is 0 Å². The van der Waals surface area contributed by atoms with Crippen molar-refractivity contribution in [1.29, 1.82) is 0 Å². The molecule has 1 aromatic heterocycles. The normalized spacial score (nSPS) is 10.4. The molecule has 0 saturated carbocycles. The van der Waals surface area contributed by atoms with Crippen molar-refractivity contribution in [2.45, 2.75) is 13.8 Å². The predicted molar refractivity (Wildman–Crippen MR) is 60.9 cm³/mol. The van der Waals surface area contributed by atoms with Crippen LogP contribution >= 0.6 is 0 Å². The van der Waals surface area contributed by atoms with Gasteiger partial charge in [-0.15, -0.1) is 0 Å². The topological polar surface area (TPSA) is 70.1 Å². The van der Waals surface area contributed by atoms with Crippen LogP contribution in [0, 0.1) is 5.92 Å². The van der Waals surface area contributed by atoms with Crippen molar-refractivity contribution in [1.82, 2.24) is 9.97 Å². The van der Waals surface area contributed by atoms with Gasteiger partial charge in [0.2, 0.25) is 0 Å². The SMILES string of the molecule is CC(C)CNc1cc(NCCO)ncn1. The van der Waals surface area contributed by atoms with Crippen LogP contribution in [0.5, 0.6) is 0 Å². The van der Waals surface area contributed by atoms with E-state index in [0.717, 1.165) is 18.2 Å². The van der Waals surface area contributed by atoms with E-state index in [4.69, 9.17) is 5.11 Å². The summed E-state index contributed by atoms with van der Waals surface area (Å²) >= 11 is 0. The highest BCUT2D eigenvalue weighted by atomic mass is 16.3. The van der Waals surface area contributed by atoms with Gasteiger partial charge in [0.25, 0.3) is 0 Å². The summed E-state index contributed by atoms with van der Waals surface area (Å²) in [5.41, 5.74) is 0. The predicted octanol–water partition coefficient (Wildman–Crippen LogP) is 0.949. The molecule has 0 atom stereocenters. The summed E-state index contributed by atoms with van der Waals surface area (Å²) in [7, 11) is 0. The third-order valence-corrected chi connectivity index (χ3v) is 1.78. The Morgan fingerprint density at radius 3 is 2.53 bits per heavy atom. The molecule has 0 aliphatic heterocycles. The Morgan fingerprint density at radius 2 is 1.93 bits per heavy atom. The highest BCUT2D eigenvalue weighted by Gasteiger charge is 1.98. The van der Waals surface area contributed by atoms with Crippen molar-refractivity contribution < 1.29 is 5.11 Å². The summed E-state index contributed by atoms with van der Waals surface area (Å²) in [6.45, 7) is 5.76. The fourth-order valence-electron chi connectivity index (χ4n) is 1.04. The maximum Gasteiger partial charge on any atom is 0.131 e. The molecule has 0 aliphatic carbocycles. The van der Waals surface area contributed by atoms with E-state index < -0.39 is 0 Å². The Hall–Kier alpha value is -1.36. The van der Waals surface area contributed by atoms with Crippen LogP contribution < -0.4 is 10.6 Å². The van der Waals surface area contributed by atoms with Gasteiger partial charge in [-0.05, 0) is 5.92 Å². The zero-order chi connectivity index (χ0) is 11.1. The van der Waals surface area contributed by atoms with Crippen LogP contribution in [0.25, 0.3) is 0 Å². The lowest BCUT2D eigenvalue weighted by Crippen LogP contribution is -2.11. The van der Waals surface area contributed by atoms with Crippen LogP contribution in [0.2, 0.25) is 0 Å². The lowest BCUT2D eigenvalue weighted by atomic mass is 10.2. The van der Waals surface area contributed by atoms with Crippen LogP contribution in [-0.4, -0.2) is 34.8 Å². The third kappa shape index (κ3) is 4.60. The zero-order valence-electron chi connectivity index (χ0n) is 9.20. The standard InChI is InChI=1S/C10H18N4O/c1-8(2)6-12-10-5-9(11-3-4-15)13-7-14-10/h5,7-8,15H,3-4,6H2,1-2H3,(H2,11,12,13,14). The van der Waals surface area contributed by atoms with Crippen molar-refractivity contribution in [3.05, 3.63) is 12.4 Å². The zero-order valence-corrected chi connectivity index (χ0v) is 9.20. The average Bonchev–Trinajstić information content (AvgIpc) is 2.24. The second-order valence-corrected chi connectivity index (χ2v) is 3.71. The Balaban J connectivity index is 2.50. The maximum atomic E-state index is 8.65. The molecule has 0 radical (unpaired) electrons. The largest absolute Gasteiger partial charge is 0.395 e. The molecule has 0 bridgehead atoms. The molecule has 5 heteroatoms. The van der Waals surface area contributed by atoms with E-state index in [1.54, 1.807) is 0 Å². The highest BCUT2D eigenvalue weighted by molar-refractivity contribution is 5.46. The molecule has 1 aromatic rings. The van der Waals surface area contributed by atoms with E-state index in [9.17, 15) is 0 Å². The number of aliphatic hydroxyl groups is 1. The molecule has 3 N–H and O–H groups in total. The molecule has 0 spiro atoms. The van der Waals surface area contributed by atoms with Gasteiger partial charge in [-0.25, -0.2) is 9.97 Å². The van der Waals surface area contributed by atoms with Gasteiger partial charge < -0.3 is 15.7 Å². The lowest BCUT2D eigenvalue weighted by Gasteiger charge is -2.09. The summed E-state index contributed by atoms with van der Waals surface area (Å²) in [6, 6.07) is 1.83. The molecule has 1 heterocycles. The van der Waals surface area contributed by atoms with Crippen LogP contribution in [0.3, 0.4) is 0 Å². The minimum absolute atomic E-state index is 0.0960. The maximum absolute atomic E-state index is 8.65. The Kier molecular flexibility index (Phi) is 4.83. The number of anilines is 2. The molecule has 0 saturated heterocycles. The smallest absolute Gasteiger partial charge is 0.131 e. The summed E-state index contributed by atoms with van der Waals surface area (Å²) in [5, 5.41) is 14.8. The van der Waals surface area contributed by atoms with Crippen LogP contribution in [0.4, 0.5) is 11.6 Å². The van der Waals surface area contributed by atoms with Crippen molar-refractivity contribution >= 4 is 11.6 Å². The van der Waals surface area contributed by atoms with Gasteiger partial charge in [0.05, 0.1) is 6.61 Å². The number of hydrogen-bond donors (Lipinski definition) is 3. The fraction of sp³-hybridized carbons (Fsp3) is 0.600. The van der Waals surface area contributed by atoms with Crippen molar-refractivity contribution in [3.63, 3.8) is 0 Å². The van der Waals surface area contributed by atoms with Crippen LogP contribution in [0.1, 0.15) is 13.8 Å². The van der Waals surface area contributed by atoms with E-state index in [2.05, 4.69) is 34.4 Å². The number of rotatable bonds is 6. The molecule has 84 valence electrons. The van der Waals surface area contributed by atoms with E-state index in [-0.39, 0.29) is 6.61 Å². The Morgan fingerprint density at radius 1 is 1.27 bits per heavy atom. The van der Waals surface area contributed by atoms with E-state index in [1.807, 2.05) is 6.07 Å². The molecule has 0 fully saturated rings. The first-order valence-corrected chi connectivity index (χ1v) is 5.13. The number of aromatic nitrogens is 2. The van der Waals surface area contributed by atoms with Gasteiger partial charge in [-0.1, -0.05) is 13.8 Å². The lowest BCUT2D eigenvalue weighted by molar-refractivity contribution is 0.311. The van der Waals surface area contributed by atoms with Crippen LogP contribution in [0.15, 0.2) is 12.4 Å².